The molecule has 0 amide bonds. The zero-order valence-electron chi connectivity index (χ0n) is 8.90. The van der Waals surface area contributed by atoms with Gasteiger partial charge in [0.05, 0.1) is 12.2 Å². The van der Waals surface area contributed by atoms with Crippen molar-refractivity contribution in [1.29, 1.82) is 0 Å². The predicted molar refractivity (Wildman–Crippen MR) is 63.5 cm³/mol. The van der Waals surface area contributed by atoms with Crippen molar-refractivity contribution in [3.63, 3.8) is 0 Å². The molecule has 0 radical (unpaired) electrons. The largest absolute Gasteiger partial charge is 0.465 e. The number of hydrogen-bond donors (Lipinski definition) is 1. The normalized spacial score (nSPS) is 9.75. The maximum absolute atomic E-state index is 10.7. The second-order valence-electron chi connectivity index (χ2n) is 2.88. The summed E-state index contributed by atoms with van der Waals surface area (Å²) in [4.78, 5) is 0. The van der Waals surface area contributed by atoms with Crippen LogP contribution in [0.2, 0.25) is 0 Å². The van der Waals surface area contributed by atoms with E-state index in [1.165, 1.54) is 7.11 Å². The Labute approximate surface area is 96.2 Å². The Balaban J connectivity index is 2.87. The molecule has 0 aliphatic heterocycles. The molecule has 0 heterocycles. The molecule has 0 spiro atoms. The van der Waals surface area contributed by atoms with Gasteiger partial charge < -0.3 is 14.8 Å². The van der Waals surface area contributed by atoms with Crippen molar-refractivity contribution in [2.24, 2.45) is 0 Å². The van der Waals surface area contributed by atoms with Crippen LogP contribution in [0.3, 0.4) is 0 Å². The van der Waals surface area contributed by atoms with Crippen LogP contribution in [-0.4, -0.2) is 20.4 Å². The molecule has 0 saturated carbocycles. The SMILES string of the molecule is C#CCNc1ccc(P=O)cc1OCOC. The lowest BCUT2D eigenvalue weighted by atomic mass is 10.3. The van der Waals surface area contributed by atoms with Crippen molar-refractivity contribution in [1.82, 2.24) is 0 Å². The second kappa shape index (κ2) is 6.84. The summed E-state index contributed by atoms with van der Waals surface area (Å²) in [6.45, 7) is 0.529. The molecule has 84 valence electrons. The molecule has 4 nitrogen and oxygen atoms in total. The van der Waals surface area contributed by atoms with Gasteiger partial charge in [-0.3, -0.25) is 4.57 Å². The first kappa shape index (κ1) is 12.5. The highest BCUT2D eigenvalue weighted by molar-refractivity contribution is 7.34. The highest BCUT2D eigenvalue weighted by Crippen LogP contribution is 2.23. The van der Waals surface area contributed by atoms with Gasteiger partial charge in [0, 0.05) is 12.4 Å². The minimum absolute atomic E-state index is 0.0493. The molecule has 16 heavy (non-hydrogen) atoms. The summed E-state index contributed by atoms with van der Waals surface area (Å²) < 4.78 is 20.9. The van der Waals surface area contributed by atoms with Gasteiger partial charge in [0.1, 0.15) is 5.75 Å². The highest BCUT2D eigenvalue weighted by atomic mass is 31.1. The topological polar surface area (TPSA) is 47.6 Å². The van der Waals surface area contributed by atoms with Crippen LogP contribution in [0.15, 0.2) is 18.2 Å². The number of ether oxygens (including phenoxy) is 2. The molecular weight excluding hydrogens is 225 g/mol. The summed E-state index contributed by atoms with van der Waals surface area (Å²) >= 11 is 0. The summed E-state index contributed by atoms with van der Waals surface area (Å²) in [7, 11) is 1.48. The van der Waals surface area contributed by atoms with Gasteiger partial charge in [-0.05, 0) is 18.2 Å². The van der Waals surface area contributed by atoms with Crippen LogP contribution in [-0.2, 0) is 9.30 Å². The Morgan fingerprint density at radius 2 is 2.38 bits per heavy atom. The van der Waals surface area contributed by atoms with Crippen LogP contribution in [0.4, 0.5) is 5.69 Å². The van der Waals surface area contributed by atoms with E-state index in [4.69, 9.17) is 15.9 Å². The molecule has 0 aromatic heterocycles. The van der Waals surface area contributed by atoms with Gasteiger partial charge >= 0.3 is 0 Å². The van der Waals surface area contributed by atoms with E-state index in [0.29, 0.717) is 17.6 Å². The minimum atomic E-state index is -0.0493. The van der Waals surface area contributed by atoms with Crippen LogP contribution >= 0.6 is 8.46 Å². The first-order valence-electron chi connectivity index (χ1n) is 4.58. The summed E-state index contributed by atoms with van der Waals surface area (Å²) in [6, 6.07) is 5.17. The van der Waals surface area contributed by atoms with E-state index in [1.54, 1.807) is 18.2 Å². The Hall–Kier alpha value is -1.56. The van der Waals surface area contributed by atoms with Crippen molar-refractivity contribution >= 4 is 19.5 Å². The van der Waals surface area contributed by atoms with Crippen molar-refractivity contribution in [3.05, 3.63) is 18.2 Å². The maximum atomic E-state index is 10.7. The smallest absolute Gasteiger partial charge is 0.192 e. The molecule has 0 aliphatic carbocycles. The van der Waals surface area contributed by atoms with Gasteiger partial charge in [-0.2, -0.15) is 0 Å². The van der Waals surface area contributed by atoms with E-state index in [-0.39, 0.29) is 15.3 Å². The van der Waals surface area contributed by atoms with E-state index >= 15 is 0 Å². The average Bonchev–Trinajstić information content (AvgIpc) is 2.34. The lowest BCUT2D eigenvalue weighted by Gasteiger charge is -2.11. The van der Waals surface area contributed by atoms with Crippen LogP contribution in [0.25, 0.3) is 0 Å². The molecule has 0 aliphatic rings. The van der Waals surface area contributed by atoms with Gasteiger partial charge in [-0.25, -0.2) is 0 Å². The number of nitrogens with one attached hydrogen (secondary N) is 1. The standard InChI is InChI=1S/C11H12NO3P/c1-3-6-12-10-5-4-9(16-13)7-11(10)15-8-14-2/h1,4-5,7,12H,6,8H2,2H3. The molecule has 0 unspecified atom stereocenters. The van der Waals surface area contributed by atoms with Crippen LogP contribution < -0.4 is 15.4 Å². The van der Waals surface area contributed by atoms with Gasteiger partial charge in [0.25, 0.3) is 0 Å². The first-order chi connectivity index (χ1) is 7.81. The van der Waals surface area contributed by atoms with Crippen molar-refractivity contribution in [3.8, 4) is 18.1 Å². The molecular formula is C11H12NO3P. The third-order valence-electron chi connectivity index (χ3n) is 1.78. The molecule has 0 fully saturated rings. The van der Waals surface area contributed by atoms with Crippen LogP contribution in [0, 0.1) is 12.3 Å². The zero-order chi connectivity index (χ0) is 11.8. The zero-order valence-corrected chi connectivity index (χ0v) is 9.79. The Kier molecular flexibility index (Phi) is 5.35. The van der Waals surface area contributed by atoms with Crippen molar-refractivity contribution in [2.75, 3.05) is 25.8 Å². The Morgan fingerprint density at radius 1 is 1.56 bits per heavy atom. The quantitative estimate of drug-likeness (QED) is 0.464. The molecule has 1 N–H and O–H groups in total. The lowest BCUT2D eigenvalue weighted by molar-refractivity contribution is 0.0517. The lowest BCUT2D eigenvalue weighted by Crippen LogP contribution is -2.07. The summed E-state index contributed by atoms with van der Waals surface area (Å²) in [5, 5.41) is 3.64. The monoisotopic (exact) mass is 237 g/mol. The summed E-state index contributed by atoms with van der Waals surface area (Å²) in [5.74, 6) is 3.03. The van der Waals surface area contributed by atoms with E-state index in [0.717, 1.165) is 5.69 Å². The van der Waals surface area contributed by atoms with Gasteiger partial charge in [-0.15, -0.1) is 6.42 Å². The third kappa shape index (κ3) is 3.54. The fourth-order valence-electron chi connectivity index (χ4n) is 1.10. The first-order valence-corrected chi connectivity index (χ1v) is 5.39. The number of rotatable bonds is 6. The van der Waals surface area contributed by atoms with E-state index < -0.39 is 0 Å². The molecule has 1 aromatic carbocycles. The number of benzene rings is 1. The summed E-state index contributed by atoms with van der Waals surface area (Å²) in [5.41, 5.74) is 0.752. The number of anilines is 1. The third-order valence-corrected chi connectivity index (χ3v) is 2.27. The molecule has 0 bridgehead atoms. The number of terminal acetylenes is 1. The van der Waals surface area contributed by atoms with E-state index in [9.17, 15) is 4.57 Å². The van der Waals surface area contributed by atoms with Crippen molar-refractivity contribution in [2.45, 2.75) is 0 Å². The molecule has 5 heteroatoms. The molecule has 1 rings (SSSR count). The molecule has 1 aromatic rings. The average molecular weight is 237 g/mol. The molecule has 0 atom stereocenters. The van der Waals surface area contributed by atoms with Crippen LogP contribution in [0.5, 0.6) is 5.75 Å². The number of methoxy groups -OCH3 is 1. The van der Waals surface area contributed by atoms with Crippen LogP contribution in [0.1, 0.15) is 0 Å². The Morgan fingerprint density at radius 3 is 3.00 bits per heavy atom. The van der Waals surface area contributed by atoms with Crippen molar-refractivity contribution < 1.29 is 14.0 Å². The number of hydrogen-bond acceptors (Lipinski definition) is 4. The van der Waals surface area contributed by atoms with Gasteiger partial charge in [0.15, 0.2) is 15.3 Å². The fourth-order valence-corrected chi connectivity index (χ4v) is 1.41. The Bertz CT molecular complexity index is 401. The van der Waals surface area contributed by atoms with Gasteiger partial charge in [-0.1, -0.05) is 5.92 Å². The van der Waals surface area contributed by atoms with E-state index in [2.05, 4.69) is 11.2 Å². The van der Waals surface area contributed by atoms with Gasteiger partial charge in [0.2, 0.25) is 0 Å². The second-order valence-corrected chi connectivity index (χ2v) is 3.58. The van der Waals surface area contributed by atoms with E-state index in [1.807, 2.05) is 0 Å². The minimum Gasteiger partial charge on any atom is -0.465 e. The fraction of sp³-hybridized carbons (Fsp3) is 0.273. The highest BCUT2D eigenvalue weighted by Gasteiger charge is 2.04. The predicted octanol–water partition coefficient (Wildman–Crippen LogP) is 1.63. The summed E-state index contributed by atoms with van der Waals surface area (Å²) in [6.07, 6.45) is 5.15. The maximum Gasteiger partial charge on any atom is 0.192 e. The molecule has 0 saturated heterocycles.